The fraction of sp³-hybridized carbons (Fsp3) is 0.583. The minimum atomic E-state index is -1.97. The zero-order chi connectivity index (χ0) is 14.6. The number of amides is 1. The van der Waals surface area contributed by atoms with Crippen LogP contribution in [0.4, 0.5) is 0 Å². The van der Waals surface area contributed by atoms with Gasteiger partial charge in [-0.1, -0.05) is 6.92 Å². The summed E-state index contributed by atoms with van der Waals surface area (Å²) >= 11 is 1.30. The molecule has 0 bridgehead atoms. The summed E-state index contributed by atoms with van der Waals surface area (Å²) in [5.41, 5.74) is -1.35. The van der Waals surface area contributed by atoms with Crippen LogP contribution in [0.15, 0.2) is 0 Å². The summed E-state index contributed by atoms with van der Waals surface area (Å²) in [6, 6.07) is 0. The predicted octanol–water partition coefficient (Wildman–Crippen LogP) is 0.969. The van der Waals surface area contributed by atoms with Crippen molar-refractivity contribution in [3.63, 3.8) is 0 Å². The van der Waals surface area contributed by atoms with Gasteiger partial charge in [-0.05, 0) is 26.7 Å². The molecule has 1 aromatic rings. The van der Waals surface area contributed by atoms with Crippen LogP contribution in [0.5, 0.6) is 0 Å². The average Bonchev–Trinajstić information content (AvgIpc) is 2.68. The third-order valence-corrected chi connectivity index (χ3v) is 3.78. The average molecular weight is 286 g/mol. The smallest absolute Gasteiger partial charge is 0.337 e. The first-order chi connectivity index (χ1) is 8.77. The summed E-state index contributed by atoms with van der Waals surface area (Å²) in [7, 11) is 0. The number of aliphatic hydroxyl groups is 1. The molecule has 0 radical (unpaired) electrons. The first kappa shape index (κ1) is 15.6. The second-order valence-corrected chi connectivity index (χ2v) is 5.62. The molecule has 0 saturated carbocycles. The van der Waals surface area contributed by atoms with Crippen molar-refractivity contribution in [1.29, 1.82) is 0 Å². The lowest BCUT2D eigenvalue weighted by atomic mass is 10.1. The number of nitrogens with one attached hydrogen (secondary N) is 1. The zero-order valence-corrected chi connectivity index (χ0v) is 12.0. The molecule has 1 atom stereocenters. The van der Waals surface area contributed by atoms with Gasteiger partial charge in [-0.15, -0.1) is 11.3 Å². The second kappa shape index (κ2) is 6.12. The van der Waals surface area contributed by atoms with E-state index >= 15 is 0 Å². The van der Waals surface area contributed by atoms with E-state index in [0.717, 1.165) is 24.8 Å². The number of hydrogen-bond donors (Lipinski definition) is 3. The topological polar surface area (TPSA) is 99.5 Å². The van der Waals surface area contributed by atoms with Crippen molar-refractivity contribution in [1.82, 2.24) is 10.3 Å². The second-order valence-electron chi connectivity index (χ2n) is 4.53. The molecule has 7 heteroatoms. The van der Waals surface area contributed by atoms with Crippen LogP contribution >= 0.6 is 11.3 Å². The van der Waals surface area contributed by atoms with Gasteiger partial charge >= 0.3 is 5.97 Å². The number of thiazole rings is 1. The minimum Gasteiger partial charge on any atom is -0.479 e. The maximum atomic E-state index is 11.9. The van der Waals surface area contributed by atoms with Gasteiger partial charge in [0.15, 0.2) is 5.60 Å². The summed E-state index contributed by atoms with van der Waals surface area (Å²) in [5.74, 6) is -1.78. The van der Waals surface area contributed by atoms with Crippen molar-refractivity contribution < 1.29 is 19.8 Å². The van der Waals surface area contributed by atoms with Crippen LogP contribution in [-0.2, 0) is 11.2 Å². The molecule has 6 nitrogen and oxygen atoms in total. The number of carbonyl (C=O) groups is 2. The summed E-state index contributed by atoms with van der Waals surface area (Å²) in [6.45, 7) is 4.56. The zero-order valence-electron chi connectivity index (χ0n) is 11.2. The van der Waals surface area contributed by atoms with E-state index in [2.05, 4.69) is 10.3 Å². The van der Waals surface area contributed by atoms with Crippen molar-refractivity contribution in [2.75, 3.05) is 6.54 Å². The highest BCUT2D eigenvalue weighted by atomic mass is 32.1. The Morgan fingerprint density at radius 2 is 2.11 bits per heavy atom. The molecule has 0 aliphatic carbocycles. The molecule has 0 fully saturated rings. The molecule has 1 amide bonds. The van der Waals surface area contributed by atoms with E-state index in [-0.39, 0.29) is 6.54 Å². The van der Waals surface area contributed by atoms with Crippen LogP contribution in [0.3, 0.4) is 0 Å². The minimum absolute atomic E-state index is 0.346. The lowest BCUT2D eigenvalue weighted by molar-refractivity contribution is -0.155. The molecule has 0 aliphatic heterocycles. The highest BCUT2D eigenvalue weighted by Crippen LogP contribution is 2.19. The first-order valence-electron chi connectivity index (χ1n) is 5.98. The van der Waals surface area contributed by atoms with Crippen molar-refractivity contribution in [3.05, 3.63) is 15.6 Å². The van der Waals surface area contributed by atoms with Gasteiger partial charge in [0.1, 0.15) is 4.88 Å². The van der Waals surface area contributed by atoms with Crippen LogP contribution in [0.1, 0.15) is 40.6 Å². The van der Waals surface area contributed by atoms with E-state index in [1.807, 2.05) is 6.92 Å². The molecule has 106 valence electrons. The number of carbonyl (C=O) groups excluding carboxylic acids is 1. The Kier molecular flexibility index (Phi) is 5.02. The van der Waals surface area contributed by atoms with E-state index < -0.39 is 17.5 Å². The summed E-state index contributed by atoms with van der Waals surface area (Å²) in [4.78, 5) is 27.4. The Morgan fingerprint density at radius 1 is 1.47 bits per heavy atom. The molecule has 1 aromatic heterocycles. The number of nitrogens with zero attached hydrogens (tertiary/aromatic N) is 1. The molecule has 0 spiro atoms. The van der Waals surface area contributed by atoms with E-state index in [9.17, 15) is 14.7 Å². The molecular weight excluding hydrogens is 268 g/mol. The van der Waals surface area contributed by atoms with Crippen molar-refractivity contribution in [2.24, 2.45) is 0 Å². The number of hydrogen-bond acceptors (Lipinski definition) is 5. The lowest BCUT2D eigenvalue weighted by Gasteiger charge is -2.17. The normalized spacial score (nSPS) is 13.9. The van der Waals surface area contributed by atoms with Crippen molar-refractivity contribution >= 4 is 23.2 Å². The largest absolute Gasteiger partial charge is 0.479 e. The summed E-state index contributed by atoms with van der Waals surface area (Å²) in [5, 5.41) is 21.6. The van der Waals surface area contributed by atoms with Gasteiger partial charge in [-0.3, -0.25) is 4.79 Å². The molecule has 1 unspecified atom stereocenters. The number of aliphatic carboxylic acids is 1. The Balaban J connectivity index is 2.71. The fourth-order valence-electron chi connectivity index (χ4n) is 1.39. The van der Waals surface area contributed by atoms with Crippen LogP contribution in [0, 0.1) is 6.92 Å². The Morgan fingerprint density at radius 3 is 2.63 bits per heavy atom. The van der Waals surface area contributed by atoms with Gasteiger partial charge in [-0.2, -0.15) is 0 Å². The standard InChI is InChI=1S/C12H18N2O4S/c1-4-5-8-14-7(2)9(19-8)10(15)13-6-12(3,18)11(16)17/h18H,4-6H2,1-3H3,(H,13,15)(H,16,17). The van der Waals surface area contributed by atoms with Gasteiger partial charge in [0, 0.05) is 0 Å². The summed E-state index contributed by atoms with van der Waals surface area (Å²) in [6.07, 6.45) is 1.76. The first-order valence-corrected chi connectivity index (χ1v) is 6.80. The van der Waals surface area contributed by atoms with Gasteiger partial charge in [0.25, 0.3) is 5.91 Å². The van der Waals surface area contributed by atoms with Gasteiger partial charge in [0.05, 0.1) is 17.2 Å². The molecule has 0 aliphatic rings. The van der Waals surface area contributed by atoms with E-state index in [4.69, 9.17) is 5.11 Å². The number of aryl methyl sites for hydroxylation is 2. The quantitative estimate of drug-likeness (QED) is 0.723. The maximum Gasteiger partial charge on any atom is 0.337 e. The highest BCUT2D eigenvalue weighted by Gasteiger charge is 2.30. The molecule has 1 rings (SSSR count). The molecule has 1 heterocycles. The third-order valence-electron chi connectivity index (χ3n) is 2.56. The Bertz CT molecular complexity index is 482. The van der Waals surface area contributed by atoms with Crippen LogP contribution < -0.4 is 5.32 Å². The molecule has 0 saturated heterocycles. The lowest BCUT2D eigenvalue weighted by Crippen LogP contribution is -2.46. The van der Waals surface area contributed by atoms with Crippen LogP contribution in [0.25, 0.3) is 0 Å². The van der Waals surface area contributed by atoms with Gasteiger partial charge in [-0.25, -0.2) is 9.78 Å². The van der Waals surface area contributed by atoms with E-state index in [1.165, 1.54) is 11.3 Å². The fourth-order valence-corrected chi connectivity index (χ4v) is 2.47. The third kappa shape index (κ3) is 4.00. The maximum absolute atomic E-state index is 11.9. The monoisotopic (exact) mass is 286 g/mol. The van der Waals surface area contributed by atoms with E-state index in [1.54, 1.807) is 6.92 Å². The SMILES string of the molecule is CCCc1nc(C)c(C(=O)NCC(C)(O)C(=O)O)s1. The van der Waals surface area contributed by atoms with Crippen LogP contribution in [-0.4, -0.2) is 39.2 Å². The number of carboxylic acids is 1. The predicted molar refractivity (Wildman–Crippen MR) is 71.4 cm³/mol. The van der Waals surface area contributed by atoms with E-state index in [0.29, 0.717) is 10.6 Å². The number of carboxylic acid groups (broad SMARTS) is 1. The van der Waals surface area contributed by atoms with Gasteiger partial charge in [0.2, 0.25) is 0 Å². The molecule has 0 aromatic carbocycles. The number of rotatable bonds is 6. The molecule has 19 heavy (non-hydrogen) atoms. The Hall–Kier alpha value is -1.47. The molecule has 3 N–H and O–H groups in total. The summed E-state index contributed by atoms with van der Waals surface area (Å²) < 4.78 is 0. The van der Waals surface area contributed by atoms with Crippen molar-refractivity contribution in [2.45, 2.75) is 39.2 Å². The molecular formula is C12H18N2O4S. The highest BCUT2D eigenvalue weighted by molar-refractivity contribution is 7.13. The number of aromatic nitrogens is 1. The Labute approximate surface area is 115 Å². The van der Waals surface area contributed by atoms with Crippen molar-refractivity contribution in [3.8, 4) is 0 Å². The van der Waals surface area contributed by atoms with Crippen LogP contribution in [0.2, 0.25) is 0 Å². The van der Waals surface area contributed by atoms with Gasteiger partial charge < -0.3 is 15.5 Å².